The van der Waals surface area contributed by atoms with Gasteiger partial charge in [0.15, 0.2) is 0 Å². The normalized spacial score (nSPS) is 14.1. The van der Waals surface area contributed by atoms with Gasteiger partial charge in [0, 0.05) is 23.2 Å². The quantitative estimate of drug-likeness (QED) is 0.529. The summed E-state index contributed by atoms with van der Waals surface area (Å²) < 4.78 is 5.60. The zero-order valence-electron chi connectivity index (χ0n) is 17.8. The number of hydrogen-bond donors (Lipinski definition) is 2. The summed E-state index contributed by atoms with van der Waals surface area (Å²) in [6, 6.07) is 17.3. The minimum absolute atomic E-state index is 0.191. The maximum atomic E-state index is 12.9. The number of nitrogens with one attached hydrogen (secondary N) is 2. The van der Waals surface area contributed by atoms with Crippen molar-refractivity contribution in [2.24, 2.45) is 0 Å². The smallest absolute Gasteiger partial charge is 0.255 e. The zero-order chi connectivity index (χ0) is 21.5. The standard InChI is InChI=1S/C25H28N4O2/c1-2-31-23-14-7-6-13-21(23)29-25(30)19-10-8-9-18(15-19)22-16-24(27-17-26-22)28-20-11-4-3-5-12-20/h6-10,13-17,20H,2-5,11-12H2,1H3,(H,29,30)(H,26,27,28). The van der Waals surface area contributed by atoms with Crippen LogP contribution in [0.3, 0.4) is 0 Å². The van der Waals surface area contributed by atoms with E-state index >= 15 is 0 Å². The molecule has 1 aromatic heterocycles. The fraction of sp³-hybridized carbons (Fsp3) is 0.320. The number of ether oxygens (including phenoxy) is 1. The number of nitrogens with zero attached hydrogens (tertiary/aromatic N) is 2. The number of carbonyl (C=O) groups is 1. The third kappa shape index (κ3) is 5.40. The van der Waals surface area contributed by atoms with Crippen molar-refractivity contribution in [1.29, 1.82) is 0 Å². The van der Waals surface area contributed by atoms with Gasteiger partial charge in [0.1, 0.15) is 17.9 Å². The van der Waals surface area contributed by atoms with Gasteiger partial charge in [0.2, 0.25) is 0 Å². The van der Waals surface area contributed by atoms with E-state index in [9.17, 15) is 4.79 Å². The van der Waals surface area contributed by atoms with Gasteiger partial charge in [-0.1, -0.05) is 43.5 Å². The van der Waals surface area contributed by atoms with Crippen molar-refractivity contribution < 1.29 is 9.53 Å². The first-order valence-electron chi connectivity index (χ1n) is 10.9. The van der Waals surface area contributed by atoms with Crippen molar-refractivity contribution in [2.45, 2.75) is 45.1 Å². The molecule has 2 N–H and O–H groups in total. The fourth-order valence-electron chi connectivity index (χ4n) is 3.92. The molecule has 2 aromatic carbocycles. The van der Waals surface area contributed by atoms with E-state index in [-0.39, 0.29) is 5.91 Å². The molecule has 1 aliphatic carbocycles. The van der Waals surface area contributed by atoms with Crippen LogP contribution < -0.4 is 15.4 Å². The summed E-state index contributed by atoms with van der Waals surface area (Å²) in [5.41, 5.74) is 2.88. The van der Waals surface area contributed by atoms with Gasteiger partial charge in [-0.25, -0.2) is 9.97 Å². The Hall–Kier alpha value is -3.41. The maximum absolute atomic E-state index is 12.9. The Balaban J connectivity index is 1.50. The molecule has 0 unspecified atom stereocenters. The predicted molar refractivity (Wildman–Crippen MR) is 124 cm³/mol. The van der Waals surface area contributed by atoms with E-state index in [2.05, 4.69) is 20.6 Å². The summed E-state index contributed by atoms with van der Waals surface area (Å²) in [4.78, 5) is 21.7. The molecule has 0 aliphatic heterocycles. The van der Waals surface area contributed by atoms with E-state index in [0.29, 0.717) is 29.6 Å². The molecule has 1 heterocycles. The highest BCUT2D eigenvalue weighted by atomic mass is 16.5. The van der Waals surface area contributed by atoms with E-state index < -0.39 is 0 Å². The largest absolute Gasteiger partial charge is 0.492 e. The SMILES string of the molecule is CCOc1ccccc1NC(=O)c1cccc(-c2cc(NC3CCCCC3)ncn2)c1. The lowest BCUT2D eigenvalue weighted by molar-refractivity contribution is 0.102. The number of anilines is 2. The summed E-state index contributed by atoms with van der Waals surface area (Å²) in [7, 11) is 0. The molecule has 160 valence electrons. The van der Waals surface area contributed by atoms with Gasteiger partial charge >= 0.3 is 0 Å². The minimum Gasteiger partial charge on any atom is -0.492 e. The summed E-state index contributed by atoms with van der Waals surface area (Å²) in [5, 5.41) is 6.48. The van der Waals surface area contributed by atoms with E-state index in [0.717, 1.165) is 17.1 Å². The molecule has 0 spiro atoms. The first kappa shape index (κ1) is 20.8. The molecule has 0 radical (unpaired) electrons. The van der Waals surface area contributed by atoms with Crippen molar-refractivity contribution in [3.05, 3.63) is 66.5 Å². The number of carbonyl (C=O) groups excluding carboxylic acids is 1. The third-order valence-electron chi connectivity index (χ3n) is 5.48. The Labute approximate surface area is 183 Å². The Bertz CT molecular complexity index is 1030. The highest BCUT2D eigenvalue weighted by molar-refractivity contribution is 6.05. The molecule has 3 aromatic rings. The Kier molecular flexibility index (Phi) is 6.77. The Morgan fingerprint density at radius 1 is 1.03 bits per heavy atom. The van der Waals surface area contributed by atoms with Gasteiger partial charge in [-0.05, 0) is 44.0 Å². The van der Waals surface area contributed by atoms with Crippen LogP contribution in [0.25, 0.3) is 11.3 Å². The monoisotopic (exact) mass is 416 g/mol. The van der Waals surface area contributed by atoms with Gasteiger partial charge in [0.25, 0.3) is 5.91 Å². The summed E-state index contributed by atoms with van der Waals surface area (Å²) in [6.45, 7) is 2.45. The number of amides is 1. The molecule has 1 amide bonds. The molecule has 6 heteroatoms. The summed E-state index contributed by atoms with van der Waals surface area (Å²) in [5.74, 6) is 1.30. The molecule has 1 saturated carbocycles. The molecule has 6 nitrogen and oxygen atoms in total. The molecule has 1 aliphatic rings. The summed E-state index contributed by atoms with van der Waals surface area (Å²) in [6.07, 6.45) is 7.78. The third-order valence-corrected chi connectivity index (χ3v) is 5.48. The van der Waals surface area contributed by atoms with Gasteiger partial charge in [0.05, 0.1) is 18.0 Å². The van der Waals surface area contributed by atoms with Gasteiger partial charge in [-0.3, -0.25) is 4.79 Å². The van der Waals surface area contributed by atoms with Crippen LogP contribution in [0.4, 0.5) is 11.5 Å². The highest BCUT2D eigenvalue weighted by Crippen LogP contribution is 2.26. The zero-order valence-corrected chi connectivity index (χ0v) is 17.8. The number of rotatable bonds is 7. The lowest BCUT2D eigenvalue weighted by atomic mass is 9.95. The molecule has 0 bridgehead atoms. The average molecular weight is 417 g/mol. The van der Waals surface area contributed by atoms with Crippen LogP contribution in [0.5, 0.6) is 5.75 Å². The van der Waals surface area contributed by atoms with Crippen LogP contribution in [0.1, 0.15) is 49.4 Å². The number of para-hydroxylation sites is 2. The first-order chi connectivity index (χ1) is 15.2. The van der Waals surface area contributed by atoms with Crippen molar-refractivity contribution >= 4 is 17.4 Å². The second kappa shape index (κ2) is 10.1. The predicted octanol–water partition coefficient (Wildman–Crippen LogP) is 5.54. The molecule has 1 fully saturated rings. The fourth-order valence-corrected chi connectivity index (χ4v) is 3.92. The molecule has 0 atom stereocenters. The minimum atomic E-state index is -0.191. The second-order valence-electron chi connectivity index (χ2n) is 7.73. The average Bonchev–Trinajstić information content (AvgIpc) is 2.81. The van der Waals surface area contributed by atoms with Crippen molar-refractivity contribution in [1.82, 2.24) is 9.97 Å². The van der Waals surface area contributed by atoms with Crippen LogP contribution in [0, 0.1) is 0 Å². The van der Waals surface area contributed by atoms with Gasteiger partial charge in [-0.15, -0.1) is 0 Å². The Morgan fingerprint density at radius 2 is 1.87 bits per heavy atom. The molecular weight excluding hydrogens is 388 g/mol. The van der Waals surface area contributed by atoms with Crippen LogP contribution in [0.15, 0.2) is 60.9 Å². The van der Waals surface area contributed by atoms with Crippen molar-refractivity contribution in [3.8, 4) is 17.0 Å². The highest BCUT2D eigenvalue weighted by Gasteiger charge is 2.15. The van der Waals surface area contributed by atoms with Crippen molar-refractivity contribution in [2.75, 3.05) is 17.2 Å². The van der Waals surface area contributed by atoms with E-state index in [1.54, 1.807) is 12.4 Å². The molecule has 4 rings (SSSR count). The van der Waals surface area contributed by atoms with Crippen molar-refractivity contribution in [3.63, 3.8) is 0 Å². The van der Waals surface area contributed by atoms with E-state index in [1.165, 1.54) is 32.1 Å². The van der Waals surface area contributed by atoms with Crippen LogP contribution in [-0.2, 0) is 0 Å². The first-order valence-corrected chi connectivity index (χ1v) is 10.9. The number of aromatic nitrogens is 2. The number of benzene rings is 2. The molecular formula is C25H28N4O2. The lowest BCUT2D eigenvalue weighted by Crippen LogP contribution is -2.22. The van der Waals surface area contributed by atoms with Crippen LogP contribution >= 0.6 is 0 Å². The number of hydrogen-bond acceptors (Lipinski definition) is 5. The van der Waals surface area contributed by atoms with E-state index in [4.69, 9.17) is 4.74 Å². The summed E-state index contributed by atoms with van der Waals surface area (Å²) >= 11 is 0. The second-order valence-corrected chi connectivity index (χ2v) is 7.73. The lowest BCUT2D eigenvalue weighted by Gasteiger charge is -2.23. The topological polar surface area (TPSA) is 76.1 Å². The van der Waals surface area contributed by atoms with Crippen LogP contribution in [0.2, 0.25) is 0 Å². The van der Waals surface area contributed by atoms with E-state index in [1.807, 2.05) is 55.5 Å². The maximum Gasteiger partial charge on any atom is 0.255 e. The van der Waals surface area contributed by atoms with Gasteiger partial charge in [-0.2, -0.15) is 0 Å². The van der Waals surface area contributed by atoms with Crippen LogP contribution in [-0.4, -0.2) is 28.5 Å². The van der Waals surface area contributed by atoms with Gasteiger partial charge < -0.3 is 15.4 Å². The molecule has 0 saturated heterocycles. The molecule has 31 heavy (non-hydrogen) atoms. The Morgan fingerprint density at radius 3 is 2.71 bits per heavy atom.